The predicted octanol–water partition coefficient (Wildman–Crippen LogP) is 3.73. The van der Waals surface area contributed by atoms with Crippen LogP contribution in [0, 0.1) is 11.7 Å². The Kier molecular flexibility index (Phi) is 4.33. The Bertz CT molecular complexity index is 1070. The van der Waals surface area contributed by atoms with E-state index >= 15 is 0 Å². The summed E-state index contributed by atoms with van der Waals surface area (Å²) < 4.78 is 29.3. The van der Waals surface area contributed by atoms with Gasteiger partial charge in [-0.1, -0.05) is 11.6 Å². The maximum atomic E-state index is 12.7. The molecule has 0 saturated carbocycles. The summed E-state index contributed by atoms with van der Waals surface area (Å²) in [4.78, 5) is 0.429. The van der Waals surface area contributed by atoms with Gasteiger partial charge in [-0.15, -0.1) is 0 Å². The molecular formula is C16H14ClN3O2S2. The van der Waals surface area contributed by atoms with Crippen molar-refractivity contribution in [2.75, 3.05) is 0 Å². The zero-order chi connectivity index (χ0) is 17.5. The molecule has 1 heterocycles. The topological polar surface area (TPSA) is 56.9 Å². The molecule has 0 atom stereocenters. The highest BCUT2D eigenvalue weighted by Crippen LogP contribution is 2.25. The highest BCUT2D eigenvalue weighted by Gasteiger charge is 2.18. The van der Waals surface area contributed by atoms with Crippen molar-refractivity contribution in [2.24, 2.45) is 7.05 Å². The van der Waals surface area contributed by atoms with E-state index in [9.17, 15) is 8.42 Å². The molecule has 0 aliphatic heterocycles. The molecule has 0 N–H and O–H groups in total. The Morgan fingerprint density at radius 3 is 2.25 bits per heavy atom. The molecule has 3 aromatic rings. The summed E-state index contributed by atoms with van der Waals surface area (Å²) in [6.07, 6.45) is 1.59. The Labute approximate surface area is 150 Å². The van der Waals surface area contributed by atoms with Crippen LogP contribution < -0.4 is 0 Å². The smallest absolute Gasteiger partial charge is 0.206 e. The SMILES string of the molecule is Cc1cc(S(=O)(=O)c2ccc(-n3cnn(C)c3=S)cc2)ccc1Cl. The third kappa shape index (κ3) is 2.90. The van der Waals surface area contributed by atoms with Crippen molar-refractivity contribution in [2.45, 2.75) is 16.7 Å². The van der Waals surface area contributed by atoms with Crippen LogP contribution in [0.15, 0.2) is 58.6 Å². The molecule has 3 rings (SSSR count). The molecule has 0 bridgehead atoms. The van der Waals surface area contributed by atoms with Crippen LogP contribution in [0.5, 0.6) is 0 Å². The standard InChI is InChI=1S/C16H14ClN3O2S2/c1-11-9-14(7-8-15(11)17)24(21,22)13-5-3-12(4-6-13)20-10-18-19(2)16(20)23/h3-10H,1-2H3. The molecule has 24 heavy (non-hydrogen) atoms. The van der Waals surface area contributed by atoms with Crippen molar-refractivity contribution in [1.82, 2.24) is 14.3 Å². The van der Waals surface area contributed by atoms with Gasteiger partial charge in [0.2, 0.25) is 14.6 Å². The average Bonchev–Trinajstić information content (AvgIpc) is 2.89. The Morgan fingerprint density at radius 1 is 1.08 bits per heavy atom. The largest absolute Gasteiger partial charge is 0.275 e. The number of hydrogen-bond acceptors (Lipinski definition) is 4. The molecule has 0 saturated heterocycles. The van der Waals surface area contributed by atoms with E-state index in [1.165, 1.54) is 6.07 Å². The Balaban J connectivity index is 2.02. The zero-order valence-corrected chi connectivity index (χ0v) is 15.4. The van der Waals surface area contributed by atoms with Gasteiger partial charge in [-0.25, -0.2) is 13.1 Å². The number of halogens is 1. The van der Waals surface area contributed by atoms with E-state index < -0.39 is 9.84 Å². The van der Waals surface area contributed by atoms with Crippen LogP contribution in [0.3, 0.4) is 0 Å². The van der Waals surface area contributed by atoms with E-state index in [1.54, 1.807) is 65.9 Å². The maximum Gasteiger partial charge on any atom is 0.206 e. The molecule has 0 fully saturated rings. The fourth-order valence-corrected chi connectivity index (χ4v) is 3.93. The summed E-state index contributed by atoms with van der Waals surface area (Å²) in [5.41, 5.74) is 1.47. The zero-order valence-electron chi connectivity index (χ0n) is 13.0. The molecule has 0 aliphatic rings. The summed E-state index contributed by atoms with van der Waals surface area (Å²) in [5, 5.41) is 4.61. The van der Waals surface area contributed by atoms with Crippen LogP contribution in [0.2, 0.25) is 5.02 Å². The van der Waals surface area contributed by atoms with Crippen molar-refractivity contribution < 1.29 is 8.42 Å². The first-order valence-electron chi connectivity index (χ1n) is 7.03. The second-order valence-electron chi connectivity index (χ2n) is 5.32. The number of aromatic nitrogens is 3. The number of sulfone groups is 1. The molecule has 0 aliphatic carbocycles. The molecule has 124 valence electrons. The minimum absolute atomic E-state index is 0.211. The Hall–Kier alpha value is -1.96. The van der Waals surface area contributed by atoms with Gasteiger partial charge in [0.25, 0.3) is 0 Å². The molecule has 2 aromatic carbocycles. The van der Waals surface area contributed by atoms with Crippen molar-refractivity contribution in [3.05, 3.63) is 64.1 Å². The van der Waals surface area contributed by atoms with Crippen molar-refractivity contribution in [1.29, 1.82) is 0 Å². The molecular weight excluding hydrogens is 366 g/mol. The molecule has 0 amide bonds. The summed E-state index contributed by atoms with van der Waals surface area (Å²) in [6.45, 7) is 1.77. The van der Waals surface area contributed by atoms with Gasteiger partial charge < -0.3 is 0 Å². The van der Waals surface area contributed by atoms with Crippen LogP contribution >= 0.6 is 23.8 Å². The minimum Gasteiger partial charge on any atom is -0.275 e. The van der Waals surface area contributed by atoms with Gasteiger partial charge >= 0.3 is 0 Å². The summed E-state index contributed by atoms with van der Waals surface area (Å²) in [7, 11) is -1.85. The van der Waals surface area contributed by atoms with Crippen molar-refractivity contribution in [3.8, 4) is 5.69 Å². The summed E-state index contributed by atoms with van der Waals surface area (Å²) >= 11 is 11.2. The van der Waals surface area contributed by atoms with Crippen LogP contribution in [-0.2, 0) is 16.9 Å². The molecule has 0 spiro atoms. The second kappa shape index (κ2) is 6.16. The summed E-state index contributed by atoms with van der Waals surface area (Å²) in [5.74, 6) is 0. The first-order chi connectivity index (χ1) is 11.3. The maximum absolute atomic E-state index is 12.7. The van der Waals surface area contributed by atoms with Crippen LogP contribution in [0.1, 0.15) is 5.56 Å². The monoisotopic (exact) mass is 379 g/mol. The minimum atomic E-state index is -3.60. The predicted molar refractivity (Wildman–Crippen MR) is 95.0 cm³/mol. The van der Waals surface area contributed by atoms with Gasteiger partial charge in [0.15, 0.2) is 0 Å². The molecule has 0 radical (unpaired) electrons. The second-order valence-corrected chi connectivity index (χ2v) is 8.04. The number of benzene rings is 2. The molecule has 1 aromatic heterocycles. The van der Waals surface area contributed by atoms with Gasteiger partial charge in [-0.2, -0.15) is 5.10 Å². The first kappa shape index (κ1) is 16.9. The van der Waals surface area contributed by atoms with Crippen LogP contribution in [-0.4, -0.2) is 22.8 Å². The number of hydrogen-bond donors (Lipinski definition) is 0. The van der Waals surface area contributed by atoms with Crippen molar-refractivity contribution in [3.63, 3.8) is 0 Å². The van der Waals surface area contributed by atoms with Crippen molar-refractivity contribution >= 4 is 33.7 Å². The van der Waals surface area contributed by atoms with E-state index in [1.807, 2.05) is 0 Å². The Morgan fingerprint density at radius 2 is 1.71 bits per heavy atom. The van der Waals surface area contributed by atoms with E-state index in [-0.39, 0.29) is 9.79 Å². The van der Waals surface area contributed by atoms with Gasteiger partial charge in [0.05, 0.1) is 9.79 Å². The first-order valence-corrected chi connectivity index (χ1v) is 9.30. The van der Waals surface area contributed by atoms with Gasteiger partial charge in [0, 0.05) is 17.8 Å². The average molecular weight is 380 g/mol. The fraction of sp³-hybridized carbons (Fsp3) is 0.125. The lowest BCUT2D eigenvalue weighted by Crippen LogP contribution is -2.03. The van der Waals surface area contributed by atoms with Gasteiger partial charge in [0.1, 0.15) is 6.33 Å². The number of nitrogens with zero attached hydrogens (tertiary/aromatic N) is 3. The number of rotatable bonds is 3. The molecule has 8 heteroatoms. The quantitative estimate of drug-likeness (QED) is 0.650. The lowest BCUT2D eigenvalue weighted by Gasteiger charge is -2.08. The summed E-state index contributed by atoms with van der Waals surface area (Å²) in [6, 6.07) is 11.2. The highest BCUT2D eigenvalue weighted by atomic mass is 35.5. The third-order valence-corrected chi connectivity index (χ3v) is 6.34. The van der Waals surface area contributed by atoms with E-state index in [4.69, 9.17) is 23.8 Å². The lowest BCUT2D eigenvalue weighted by molar-refractivity contribution is 0.596. The normalized spacial score (nSPS) is 11.6. The van der Waals surface area contributed by atoms with Gasteiger partial charge in [-0.05, 0) is 67.2 Å². The molecule has 0 unspecified atom stereocenters. The fourth-order valence-electron chi connectivity index (χ4n) is 2.27. The van der Waals surface area contributed by atoms with E-state index in [0.717, 1.165) is 11.3 Å². The third-order valence-electron chi connectivity index (χ3n) is 3.69. The lowest BCUT2D eigenvalue weighted by atomic mass is 10.2. The van der Waals surface area contributed by atoms with E-state index in [2.05, 4.69) is 5.10 Å². The van der Waals surface area contributed by atoms with Crippen LogP contribution in [0.25, 0.3) is 5.69 Å². The number of aryl methyl sites for hydroxylation is 2. The van der Waals surface area contributed by atoms with E-state index in [0.29, 0.717) is 9.79 Å². The molecule has 5 nitrogen and oxygen atoms in total. The van der Waals surface area contributed by atoms with Gasteiger partial charge in [-0.3, -0.25) is 4.57 Å². The highest BCUT2D eigenvalue weighted by molar-refractivity contribution is 7.91. The van der Waals surface area contributed by atoms with Crippen LogP contribution in [0.4, 0.5) is 0 Å².